The van der Waals surface area contributed by atoms with Gasteiger partial charge in [-0.2, -0.15) is 13.2 Å². The van der Waals surface area contributed by atoms with Crippen molar-refractivity contribution in [2.75, 3.05) is 30.3 Å². The van der Waals surface area contributed by atoms with Crippen LogP contribution in [0, 0.1) is 6.92 Å². The van der Waals surface area contributed by atoms with Gasteiger partial charge in [-0.1, -0.05) is 60.2 Å². The molecule has 0 aliphatic carbocycles. The van der Waals surface area contributed by atoms with Crippen LogP contribution < -0.4 is 21.3 Å². The van der Waals surface area contributed by atoms with Gasteiger partial charge in [0.25, 0.3) is 5.91 Å². The van der Waals surface area contributed by atoms with Crippen LogP contribution >= 0.6 is 0 Å². The van der Waals surface area contributed by atoms with Gasteiger partial charge in [0.05, 0.1) is 5.56 Å². The van der Waals surface area contributed by atoms with Crippen molar-refractivity contribution in [2.45, 2.75) is 26.1 Å². The molecule has 6 nitrogen and oxygen atoms in total. The molecule has 1 unspecified atom stereocenters. The quantitative estimate of drug-likeness (QED) is 0.148. The minimum Gasteiger partial charge on any atom is -0.384 e. The molecule has 218 valence electrons. The van der Waals surface area contributed by atoms with E-state index >= 15 is 0 Å². The van der Waals surface area contributed by atoms with Gasteiger partial charge in [0.1, 0.15) is 6.04 Å². The predicted molar refractivity (Wildman–Crippen MR) is 160 cm³/mol. The number of benzene rings is 4. The highest BCUT2D eigenvalue weighted by Gasteiger charge is 2.30. The molecule has 0 saturated heterocycles. The van der Waals surface area contributed by atoms with E-state index in [1.165, 1.54) is 12.1 Å². The Bertz CT molecular complexity index is 1490. The molecule has 2 amide bonds. The molecule has 0 spiro atoms. The standard InChI is InChI=1S/C33H33F3N4O2/c1-3-37-32(42)30(24-7-5-4-6-8-24)39-20-19-38-26-14-16-27(17-15-26)40-31(41)28-18-9-22(2)21-29(28)23-10-12-25(13-11-23)33(34,35)36/h4-18,21,30,38-39H,3,19-20H2,1-2H3,(H,37,42)(H,40,41). The largest absolute Gasteiger partial charge is 0.416 e. The van der Waals surface area contributed by atoms with E-state index < -0.39 is 17.8 Å². The van der Waals surface area contributed by atoms with Gasteiger partial charge in [0.15, 0.2) is 0 Å². The van der Waals surface area contributed by atoms with Crippen molar-refractivity contribution >= 4 is 23.2 Å². The Balaban J connectivity index is 1.36. The Hall–Kier alpha value is -4.63. The predicted octanol–water partition coefficient (Wildman–Crippen LogP) is 6.81. The van der Waals surface area contributed by atoms with Crippen LogP contribution in [0.2, 0.25) is 0 Å². The first-order valence-electron chi connectivity index (χ1n) is 13.7. The molecule has 0 heterocycles. The maximum Gasteiger partial charge on any atom is 0.416 e. The van der Waals surface area contributed by atoms with Crippen LogP contribution in [-0.4, -0.2) is 31.4 Å². The van der Waals surface area contributed by atoms with Crippen LogP contribution in [0.25, 0.3) is 11.1 Å². The van der Waals surface area contributed by atoms with Crippen LogP contribution in [-0.2, 0) is 11.0 Å². The smallest absolute Gasteiger partial charge is 0.384 e. The zero-order valence-electron chi connectivity index (χ0n) is 23.4. The lowest BCUT2D eigenvalue weighted by molar-refractivity contribution is -0.137. The van der Waals surface area contributed by atoms with Crippen molar-refractivity contribution in [2.24, 2.45) is 0 Å². The van der Waals surface area contributed by atoms with Crippen molar-refractivity contribution in [1.29, 1.82) is 0 Å². The van der Waals surface area contributed by atoms with Gasteiger partial charge in [-0.15, -0.1) is 0 Å². The number of carbonyl (C=O) groups is 2. The third kappa shape index (κ3) is 7.98. The molecule has 0 bridgehead atoms. The number of aryl methyl sites for hydroxylation is 1. The SMILES string of the molecule is CCNC(=O)C(NCCNc1ccc(NC(=O)c2ccc(C)cc2-c2ccc(C(F)(F)F)cc2)cc1)c1ccccc1. The number of nitrogens with one attached hydrogen (secondary N) is 4. The van der Waals surface area contributed by atoms with Crippen LogP contribution in [0.15, 0.2) is 97.1 Å². The number of alkyl halides is 3. The number of hydrogen-bond donors (Lipinski definition) is 4. The molecule has 0 saturated carbocycles. The summed E-state index contributed by atoms with van der Waals surface area (Å²) in [6, 6.07) is 26.3. The average molecular weight is 575 g/mol. The molecule has 4 N–H and O–H groups in total. The summed E-state index contributed by atoms with van der Waals surface area (Å²) in [6.45, 7) is 5.39. The van der Waals surface area contributed by atoms with Gasteiger partial charge >= 0.3 is 6.18 Å². The summed E-state index contributed by atoms with van der Waals surface area (Å²) in [5.41, 5.74) is 3.86. The van der Waals surface area contributed by atoms with E-state index in [0.717, 1.165) is 28.9 Å². The highest BCUT2D eigenvalue weighted by Crippen LogP contribution is 2.32. The second-order valence-corrected chi connectivity index (χ2v) is 9.77. The van der Waals surface area contributed by atoms with Crippen LogP contribution in [0.3, 0.4) is 0 Å². The summed E-state index contributed by atoms with van der Waals surface area (Å²) < 4.78 is 39.0. The maximum absolute atomic E-state index is 13.2. The van der Waals surface area contributed by atoms with Crippen molar-refractivity contribution in [3.05, 3.63) is 119 Å². The lowest BCUT2D eigenvalue weighted by atomic mass is 9.96. The monoisotopic (exact) mass is 574 g/mol. The topological polar surface area (TPSA) is 82.3 Å². The van der Waals surface area contributed by atoms with Crippen molar-refractivity contribution < 1.29 is 22.8 Å². The molecule has 0 aliphatic rings. The summed E-state index contributed by atoms with van der Waals surface area (Å²) in [4.78, 5) is 25.7. The number of rotatable bonds is 11. The molecule has 1 atom stereocenters. The van der Waals surface area contributed by atoms with E-state index in [2.05, 4.69) is 21.3 Å². The van der Waals surface area contributed by atoms with Gasteiger partial charge in [0, 0.05) is 36.6 Å². The molecule has 0 radical (unpaired) electrons. The number of halogens is 3. The van der Waals surface area contributed by atoms with Crippen molar-refractivity contribution in [3.8, 4) is 11.1 Å². The number of amides is 2. The average Bonchev–Trinajstić information content (AvgIpc) is 2.98. The fraction of sp³-hybridized carbons (Fsp3) is 0.212. The van der Waals surface area contributed by atoms with Crippen LogP contribution in [0.1, 0.15) is 40.0 Å². The third-order valence-electron chi connectivity index (χ3n) is 6.63. The van der Waals surface area contributed by atoms with Gasteiger partial charge < -0.3 is 21.3 Å². The Labute approximate surface area is 243 Å². The van der Waals surface area contributed by atoms with Crippen molar-refractivity contribution in [3.63, 3.8) is 0 Å². The van der Waals surface area contributed by atoms with E-state index in [0.29, 0.717) is 42.0 Å². The van der Waals surface area contributed by atoms with Gasteiger partial charge in [-0.25, -0.2) is 0 Å². The van der Waals surface area contributed by atoms with Gasteiger partial charge in [-0.05, 0) is 73.0 Å². The number of hydrogen-bond acceptors (Lipinski definition) is 4. The van der Waals surface area contributed by atoms with Gasteiger partial charge in [-0.3, -0.25) is 9.59 Å². The summed E-state index contributed by atoms with van der Waals surface area (Å²) in [5.74, 6) is -0.453. The Kier molecular flexibility index (Phi) is 9.98. The lowest BCUT2D eigenvalue weighted by Gasteiger charge is -2.19. The minimum atomic E-state index is -4.43. The Morgan fingerprint density at radius 2 is 1.48 bits per heavy atom. The van der Waals surface area contributed by atoms with Crippen molar-refractivity contribution in [1.82, 2.24) is 10.6 Å². The molecule has 4 aromatic rings. The molecule has 42 heavy (non-hydrogen) atoms. The summed E-state index contributed by atoms with van der Waals surface area (Å²) >= 11 is 0. The lowest BCUT2D eigenvalue weighted by Crippen LogP contribution is -2.39. The first kappa shape index (κ1) is 30.3. The minimum absolute atomic E-state index is 0.0844. The van der Waals surface area contributed by atoms with E-state index in [4.69, 9.17) is 0 Å². The van der Waals surface area contributed by atoms with Crippen LogP contribution in [0.4, 0.5) is 24.5 Å². The number of carbonyl (C=O) groups excluding carboxylic acids is 2. The summed E-state index contributed by atoms with van der Waals surface area (Å²) in [7, 11) is 0. The third-order valence-corrected chi connectivity index (χ3v) is 6.63. The van der Waals surface area contributed by atoms with E-state index in [9.17, 15) is 22.8 Å². The second kappa shape index (κ2) is 13.8. The fourth-order valence-corrected chi connectivity index (χ4v) is 4.51. The van der Waals surface area contributed by atoms with E-state index in [1.54, 1.807) is 30.3 Å². The molecule has 4 aromatic carbocycles. The molecular weight excluding hydrogens is 541 g/mol. The summed E-state index contributed by atoms with van der Waals surface area (Å²) in [5, 5.41) is 12.3. The molecule has 0 aromatic heterocycles. The first-order valence-corrected chi connectivity index (χ1v) is 13.7. The first-order chi connectivity index (χ1) is 20.2. The molecule has 4 rings (SSSR count). The second-order valence-electron chi connectivity index (χ2n) is 9.77. The number of likely N-dealkylation sites (N-methyl/N-ethyl adjacent to an activating group) is 1. The molecule has 0 aliphatic heterocycles. The zero-order chi connectivity index (χ0) is 30.1. The molecule has 0 fully saturated rings. The Morgan fingerprint density at radius 3 is 2.12 bits per heavy atom. The van der Waals surface area contributed by atoms with E-state index in [-0.39, 0.29) is 11.8 Å². The fourth-order valence-electron chi connectivity index (χ4n) is 4.51. The highest BCUT2D eigenvalue weighted by atomic mass is 19.4. The molecule has 9 heteroatoms. The maximum atomic E-state index is 13.2. The summed E-state index contributed by atoms with van der Waals surface area (Å²) in [6.07, 6.45) is -4.43. The number of anilines is 2. The zero-order valence-corrected chi connectivity index (χ0v) is 23.4. The Morgan fingerprint density at radius 1 is 0.810 bits per heavy atom. The van der Waals surface area contributed by atoms with Crippen LogP contribution in [0.5, 0.6) is 0 Å². The normalized spacial score (nSPS) is 11.9. The van der Waals surface area contributed by atoms with Gasteiger partial charge in [0.2, 0.25) is 5.91 Å². The van der Waals surface area contributed by atoms with E-state index in [1.807, 2.05) is 56.3 Å². The highest BCUT2D eigenvalue weighted by molar-refractivity contribution is 6.08. The molecular formula is C33H33F3N4O2.